The van der Waals surface area contributed by atoms with Crippen molar-refractivity contribution in [2.45, 2.75) is 45.6 Å². The molecule has 0 radical (unpaired) electrons. The van der Waals surface area contributed by atoms with Gasteiger partial charge in [0.25, 0.3) is 5.91 Å². The van der Waals surface area contributed by atoms with E-state index in [1.54, 1.807) is 21.0 Å². The fraction of sp³-hybridized carbons (Fsp3) is 0.409. The topological polar surface area (TPSA) is 81.6 Å². The number of hydrogen-bond acceptors (Lipinski definition) is 6. The minimum absolute atomic E-state index is 0.0597. The molecule has 7 nitrogen and oxygen atoms in total. The highest BCUT2D eigenvalue weighted by atomic mass is 16.5. The van der Waals surface area contributed by atoms with Crippen molar-refractivity contribution in [1.29, 1.82) is 0 Å². The van der Waals surface area contributed by atoms with Gasteiger partial charge in [-0.3, -0.25) is 4.79 Å². The summed E-state index contributed by atoms with van der Waals surface area (Å²) in [6.07, 6.45) is 3.92. The van der Waals surface area contributed by atoms with Crippen molar-refractivity contribution in [3.05, 3.63) is 53.1 Å². The van der Waals surface area contributed by atoms with Crippen molar-refractivity contribution < 1.29 is 18.6 Å². The summed E-state index contributed by atoms with van der Waals surface area (Å²) in [6, 6.07) is 9.45. The number of carbonyl (C=O) groups is 1. The average Bonchev–Trinajstić information content (AvgIpc) is 3.26. The molecule has 0 aliphatic carbocycles. The molecule has 1 fully saturated rings. The lowest BCUT2D eigenvalue weighted by Crippen LogP contribution is -2.35. The Kier molecular flexibility index (Phi) is 5.38. The smallest absolute Gasteiger partial charge is 0.259 e. The number of nitrogens with zero attached hydrogens (tertiary/aromatic N) is 3. The zero-order valence-electron chi connectivity index (χ0n) is 17.0. The Hall–Kier alpha value is -3.09. The first kappa shape index (κ1) is 19.2. The van der Waals surface area contributed by atoms with Gasteiger partial charge >= 0.3 is 0 Å². The molecular weight excluding hydrogens is 370 g/mol. The third-order valence-corrected chi connectivity index (χ3v) is 5.50. The predicted octanol–water partition coefficient (Wildman–Crippen LogP) is 4.71. The zero-order valence-corrected chi connectivity index (χ0v) is 17.0. The maximum atomic E-state index is 13.3. The van der Waals surface area contributed by atoms with E-state index in [-0.39, 0.29) is 11.9 Å². The number of hydrogen-bond donors (Lipinski definition) is 0. The maximum absolute atomic E-state index is 13.3. The summed E-state index contributed by atoms with van der Waals surface area (Å²) in [5.41, 5.74) is 2.86. The Morgan fingerprint density at radius 2 is 1.90 bits per heavy atom. The van der Waals surface area contributed by atoms with Gasteiger partial charge in [-0.15, -0.1) is 0 Å². The molecule has 1 unspecified atom stereocenters. The van der Waals surface area contributed by atoms with Crippen LogP contribution in [0.2, 0.25) is 0 Å². The Morgan fingerprint density at radius 1 is 1.10 bits per heavy atom. The molecule has 1 aliphatic heterocycles. The molecule has 29 heavy (non-hydrogen) atoms. The second-order valence-corrected chi connectivity index (χ2v) is 7.41. The number of carbonyl (C=O) groups excluding carboxylic acids is 1. The van der Waals surface area contributed by atoms with Crippen molar-refractivity contribution in [1.82, 2.24) is 15.2 Å². The maximum Gasteiger partial charge on any atom is 0.259 e. The molecule has 152 valence electrons. The number of amides is 1. The summed E-state index contributed by atoms with van der Waals surface area (Å²) in [7, 11) is 1.64. The molecule has 2 aromatic heterocycles. The average molecular weight is 395 g/mol. The van der Waals surface area contributed by atoms with E-state index in [0.29, 0.717) is 29.3 Å². The van der Waals surface area contributed by atoms with Gasteiger partial charge in [0.1, 0.15) is 22.8 Å². The molecule has 1 atom stereocenters. The fourth-order valence-corrected chi connectivity index (χ4v) is 3.92. The quantitative estimate of drug-likeness (QED) is 0.636. The number of likely N-dealkylation sites (tertiary alicyclic amines) is 1. The van der Waals surface area contributed by atoms with Crippen LogP contribution in [0.15, 0.2) is 39.4 Å². The van der Waals surface area contributed by atoms with E-state index in [1.807, 2.05) is 35.2 Å². The highest BCUT2D eigenvalue weighted by molar-refractivity contribution is 5.96. The van der Waals surface area contributed by atoms with E-state index >= 15 is 0 Å². The van der Waals surface area contributed by atoms with E-state index in [2.05, 4.69) is 10.3 Å². The van der Waals surface area contributed by atoms with Gasteiger partial charge in [-0.25, -0.2) is 0 Å². The largest absolute Gasteiger partial charge is 0.497 e. The first-order valence-electron chi connectivity index (χ1n) is 9.93. The molecule has 4 rings (SSSR count). The highest BCUT2D eigenvalue weighted by Gasteiger charge is 2.33. The van der Waals surface area contributed by atoms with Crippen LogP contribution in [0, 0.1) is 13.8 Å². The third kappa shape index (κ3) is 3.77. The van der Waals surface area contributed by atoms with Gasteiger partial charge in [0.05, 0.1) is 18.8 Å². The SMILES string of the molecule is COc1ccc(-c2cc(C3CCCCCN3C(=O)c3c(C)noc3C)on2)cc1. The van der Waals surface area contributed by atoms with Gasteiger partial charge < -0.3 is 18.7 Å². The molecule has 3 aromatic rings. The van der Waals surface area contributed by atoms with E-state index in [1.165, 1.54) is 0 Å². The van der Waals surface area contributed by atoms with Crippen molar-refractivity contribution in [3.63, 3.8) is 0 Å². The highest BCUT2D eigenvalue weighted by Crippen LogP contribution is 2.34. The zero-order chi connectivity index (χ0) is 20.4. The molecular formula is C22H25N3O4. The lowest BCUT2D eigenvalue weighted by atomic mass is 10.0. The van der Waals surface area contributed by atoms with Crippen LogP contribution in [-0.2, 0) is 0 Å². The standard InChI is InChI=1S/C22H25N3O4/c1-14-21(15(2)28-23-14)22(26)25-12-6-4-5-7-19(25)20-13-18(24-29-20)16-8-10-17(27-3)11-9-16/h8-11,13,19H,4-7,12H2,1-3H3. The van der Waals surface area contributed by atoms with Crippen LogP contribution in [0.5, 0.6) is 5.75 Å². The number of rotatable bonds is 4. The number of ether oxygens (including phenoxy) is 1. The first-order chi connectivity index (χ1) is 14.1. The van der Waals surface area contributed by atoms with Crippen molar-refractivity contribution in [2.24, 2.45) is 0 Å². The fourth-order valence-electron chi connectivity index (χ4n) is 3.92. The van der Waals surface area contributed by atoms with Crippen molar-refractivity contribution >= 4 is 5.91 Å². The van der Waals surface area contributed by atoms with Crippen LogP contribution in [0.25, 0.3) is 11.3 Å². The monoisotopic (exact) mass is 395 g/mol. The lowest BCUT2D eigenvalue weighted by molar-refractivity contribution is 0.0648. The second-order valence-electron chi connectivity index (χ2n) is 7.41. The number of aromatic nitrogens is 2. The minimum Gasteiger partial charge on any atom is -0.497 e. The summed E-state index contributed by atoms with van der Waals surface area (Å²) < 4.78 is 16.1. The molecule has 0 N–H and O–H groups in total. The summed E-state index contributed by atoms with van der Waals surface area (Å²) in [5, 5.41) is 8.20. The van der Waals surface area contributed by atoms with Crippen LogP contribution in [0.3, 0.4) is 0 Å². The third-order valence-electron chi connectivity index (χ3n) is 5.50. The molecule has 0 spiro atoms. The minimum atomic E-state index is -0.154. The number of methoxy groups -OCH3 is 1. The summed E-state index contributed by atoms with van der Waals surface area (Å²) in [5.74, 6) is 1.98. The normalized spacial score (nSPS) is 17.2. The van der Waals surface area contributed by atoms with Gasteiger partial charge in [-0.2, -0.15) is 0 Å². The molecule has 0 bridgehead atoms. The Bertz CT molecular complexity index is 970. The molecule has 1 saturated heterocycles. The molecule has 1 aromatic carbocycles. The Balaban J connectivity index is 1.64. The van der Waals surface area contributed by atoms with Crippen LogP contribution < -0.4 is 4.74 Å². The van der Waals surface area contributed by atoms with Crippen LogP contribution in [0.4, 0.5) is 0 Å². The van der Waals surface area contributed by atoms with Gasteiger partial charge in [-0.05, 0) is 51.0 Å². The molecule has 1 amide bonds. The molecule has 1 aliphatic rings. The summed E-state index contributed by atoms with van der Waals surface area (Å²) in [6.45, 7) is 4.25. The van der Waals surface area contributed by atoms with Gasteiger partial charge in [0.2, 0.25) is 0 Å². The first-order valence-corrected chi connectivity index (χ1v) is 9.93. The molecule has 3 heterocycles. The number of aryl methyl sites for hydroxylation is 2. The van der Waals surface area contributed by atoms with E-state index in [4.69, 9.17) is 13.8 Å². The van der Waals surface area contributed by atoms with Crippen molar-refractivity contribution in [2.75, 3.05) is 13.7 Å². The summed E-state index contributed by atoms with van der Waals surface area (Å²) >= 11 is 0. The van der Waals surface area contributed by atoms with Crippen LogP contribution in [-0.4, -0.2) is 34.8 Å². The van der Waals surface area contributed by atoms with E-state index in [0.717, 1.165) is 42.7 Å². The van der Waals surface area contributed by atoms with Gasteiger partial charge in [0.15, 0.2) is 5.76 Å². The van der Waals surface area contributed by atoms with Crippen molar-refractivity contribution in [3.8, 4) is 17.0 Å². The lowest BCUT2D eigenvalue weighted by Gasteiger charge is -2.28. The van der Waals surface area contributed by atoms with Gasteiger partial charge in [-0.1, -0.05) is 23.2 Å². The Labute approximate surface area is 169 Å². The van der Waals surface area contributed by atoms with E-state index in [9.17, 15) is 4.79 Å². The van der Waals surface area contributed by atoms with E-state index < -0.39 is 0 Å². The Morgan fingerprint density at radius 3 is 2.59 bits per heavy atom. The van der Waals surface area contributed by atoms with Crippen LogP contribution >= 0.6 is 0 Å². The summed E-state index contributed by atoms with van der Waals surface area (Å²) in [4.78, 5) is 15.2. The van der Waals surface area contributed by atoms with Gasteiger partial charge in [0, 0.05) is 18.2 Å². The predicted molar refractivity (Wildman–Crippen MR) is 107 cm³/mol. The second kappa shape index (κ2) is 8.11. The molecule has 7 heteroatoms. The molecule has 0 saturated carbocycles. The van der Waals surface area contributed by atoms with Crippen LogP contribution in [0.1, 0.15) is 59.3 Å². The number of benzene rings is 1.